The van der Waals surface area contributed by atoms with Crippen LogP contribution in [0.15, 0.2) is 18.3 Å². The molecule has 3 unspecified atom stereocenters. The largest absolute Gasteiger partial charge is 0.478 e. The molecule has 2 saturated carbocycles. The first-order valence-electron chi connectivity index (χ1n) is 7.09. The summed E-state index contributed by atoms with van der Waals surface area (Å²) in [5.74, 6) is 0.562. The van der Waals surface area contributed by atoms with Crippen molar-refractivity contribution in [2.24, 2.45) is 17.8 Å². The van der Waals surface area contributed by atoms with Crippen molar-refractivity contribution in [2.45, 2.75) is 32.2 Å². The van der Waals surface area contributed by atoms with E-state index < -0.39 is 5.97 Å². The third-order valence-electron chi connectivity index (χ3n) is 4.58. The molecular formula is C15H18N2O3. The summed E-state index contributed by atoms with van der Waals surface area (Å²) < 4.78 is 0. The molecule has 0 spiro atoms. The minimum absolute atomic E-state index is 0.0970. The predicted molar refractivity (Wildman–Crippen MR) is 72.0 cm³/mol. The van der Waals surface area contributed by atoms with E-state index in [1.165, 1.54) is 37.6 Å². The number of hydrogen-bond acceptors (Lipinski definition) is 3. The lowest BCUT2D eigenvalue weighted by molar-refractivity contribution is -0.126. The highest BCUT2D eigenvalue weighted by atomic mass is 16.4. The molecule has 0 saturated heterocycles. The Morgan fingerprint density at radius 1 is 1.35 bits per heavy atom. The molecule has 1 heterocycles. The molecule has 2 aliphatic rings. The molecule has 0 aromatic carbocycles. The van der Waals surface area contributed by atoms with Gasteiger partial charge in [0.05, 0.1) is 17.8 Å². The van der Waals surface area contributed by atoms with Crippen LogP contribution in [-0.4, -0.2) is 22.0 Å². The Morgan fingerprint density at radius 2 is 2.20 bits per heavy atom. The molecule has 5 nitrogen and oxygen atoms in total. The highest BCUT2D eigenvalue weighted by molar-refractivity contribution is 5.87. The number of nitrogens with zero attached hydrogens (tertiary/aromatic N) is 1. The Labute approximate surface area is 117 Å². The lowest BCUT2D eigenvalue weighted by Gasteiger charge is -2.20. The monoisotopic (exact) mass is 274 g/mol. The van der Waals surface area contributed by atoms with Crippen LogP contribution in [0.1, 0.15) is 41.7 Å². The topological polar surface area (TPSA) is 79.3 Å². The maximum atomic E-state index is 12.2. The van der Waals surface area contributed by atoms with Gasteiger partial charge in [-0.15, -0.1) is 0 Å². The van der Waals surface area contributed by atoms with E-state index >= 15 is 0 Å². The van der Waals surface area contributed by atoms with Crippen LogP contribution in [0.4, 0.5) is 0 Å². The van der Waals surface area contributed by atoms with Gasteiger partial charge in [-0.3, -0.25) is 9.78 Å². The number of rotatable bonds is 4. The van der Waals surface area contributed by atoms with Crippen molar-refractivity contribution in [3.05, 3.63) is 29.6 Å². The number of carboxylic acid groups (broad SMARTS) is 1. The zero-order valence-electron chi connectivity index (χ0n) is 11.2. The summed E-state index contributed by atoms with van der Waals surface area (Å²) in [6.45, 7) is 0.299. The first-order valence-corrected chi connectivity index (χ1v) is 7.09. The van der Waals surface area contributed by atoms with Gasteiger partial charge in [0.15, 0.2) is 0 Å². The molecule has 5 heteroatoms. The van der Waals surface area contributed by atoms with E-state index in [-0.39, 0.29) is 17.4 Å². The Hall–Kier alpha value is -1.91. The van der Waals surface area contributed by atoms with Crippen molar-refractivity contribution < 1.29 is 14.7 Å². The van der Waals surface area contributed by atoms with Gasteiger partial charge in [0.2, 0.25) is 5.91 Å². The van der Waals surface area contributed by atoms with Crippen LogP contribution in [0.25, 0.3) is 0 Å². The number of carbonyl (C=O) groups is 2. The van der Waals surface area contributed by atoms with E-state index in [0.717, 1.165) is 12.3 Å². The van der Waals surface area contributed by atoms with Crippen LogP contribution in [0.2, 0.25) is 0 Å². The fourth-order valence-electron chi connectivity index (χ4n) is 3.58. The molecule has 2 fully saturated rings. The molecule has 2 N–H and O–H groups in total. The second-order valence-corrected chi connectivity index (χ2v) is 5.84. The zero-order chi connectivity index (χ0) is 14.1. The molecular weight excluding hydrogens is 256 g/mol. The summed E-state index contributed by atoms with van der Waals surface area (Å²) >= 11 is 0. The van der Waals surface area contributed by atoms with Crippen molar-refractivity contribution >= 4 is 11.9 Å². The maximum absolute atomic E-state index is 12.2. The maximum Gasteiger partial charge on any atom is 0.335 e. The van der Waals surface area contributed by atoms with Crippen molar-refractivity contribution in [1.29, 1.82) is 0 Å². The highest BCUT2D eigenvalue weighted by Crippen LogP contribution is 2.48. The SMILES string of the molecule is O=C(O)c1ccnc(CNC(=O)C2CC3CCC2C3)c1. The van der Waals surface area contributed by atoms with E-state index in [2.05, 4.69) is 10.3 Å². The summed E-state index contributed by atoms with van der Waals surface area (Å²) in [5.41, 5.74) is 0.783. The minimum Gasteiger partial charge on any atom is -0.478 e. The third-order valence-corrected chi connectivity index (χ3v) is 4.58. The number of nitrogens with one attached hydrogen (secondary N) is 1. The van der Waals surface area contributed by atoms with Crippen LogP contribution in [0, 0.1) is 17.8 Å². The second-order valence-electron chi connectivity index (χ2n) is 5.84. The Morgan fingerprint density at radius 3 is 2.85 bits per heavy atom. The molecule has 3 rings (SSSR count). The van der Waals surface area contributed by atoms with Crippen molar-refractivity contribution in [3.8, 4) is 0 Å². The van der Waals surface area contributed by atoms with Gasteiger partial charge in [-0.25, -0.2) is 4.79 Å². The highest BCUT2D eigenvalue weighted by Gasteiger charge is 2.42. The first-order chi connectivity index (χ1) is 9.63. The smallest absolute Gasteiger partial charge is 0.335 e. The molecule has 0 aliphatic heterocycles. The molecule has 1 amide bonds. The van der Waals surface area contributed by atoms with Crippen molar-refractivity contribution in [2.75, 3.05) is 0 Å². The number of fused-ring (bicyclic) bond motifs is 2. The van der Waals surface area contributed by atoms with Crippen molar-refractivity contribution in [1.82, 2.24) is 10.3 Å². The number of aromatic nitrogens is 1. The standard InChI is InChI=1S/C15H18N2O3/c18-14(13-6-9-1-2-10(13)5-9)17-8-12-7-11(15(19)20)3-4-16-12/h3-4,7,9-10,13H,1-2,5-6,8H2,(H,17,18)(H,19,20). The van der Waals surface area contributed by atoms with Gasteiger partial charge in [-0.1, -0.05) is 6.42 Å². The number of aromatic carboxylic acids is 1. The molecule has 1 aromatic heterocycles. The Balaban J connectivity index is 1.58. The van der Waals surface area contributed by atoms with E-state index in [9.17, 15) is 9.59 Å². The third kappa shape index (κ3) is 2.53. The van der Waals surface area contributed by atoms with Gasteiger partial charge in [0.1, 0.15) is 0 Å². The molecule has 1 aromatic rings. The predicted octanol–water partition coefficient (Wildman–Crippen LogP) is 1.83. The number of pyridine rings is 1. The van der Waals surface area contributed by atoms with E-state index in [0.29, 0.717) is 18.2 Å². The molecule has 2 bridgehead atoms. The fourth-order valence-corrected chi connectivity index (χ4v) is 3.58. The van der Waals surface area contributed by atoms with Crippen LogP contribution in [0.5, 0.6) is 0 Å². The Bertz CT molecular complexity index is 544. The lowest BCUT2D eigenvalue weighted by atomic mass is 9.88. The average molecular weight is 274 g/mol. The molecule has 106 valence electrons. The number of carboxylic acids is 1. The normalized spacial score (nSPS) is 27.5. The quantitative estimate of drug-likeness (QED) is 0.878. The summed E-state index contributed by atoms with van der Waals surface area (Å²) in [5, 5.41) is 11.8. The summed E-state index contributed by atoms with van der Waals surface area (Å²) in [6.07, 6.45) is 6.12. The molecule has 3 atom stereocenters. The summed E-state index contributed by atoms with van der Waals surface area (Å²) in [7, 11) is 0. The van der Waals surface area contributed by atoms with E-state index in [4.69, 9.17) is 5.11 Å². The summed E-state index contributed by atoms with van der Waals surface area (Å²) in [6, 6.07) is 2.95. The molecule has 2 aliphatic carbocycles. The van der Waals surface area contributed by atoms with E-state index in [1.54, 1.807) is 0 Å². The lowest BCUT2D eigenvalue weighted by Crippen LogP contribution is -2.33. The van der Waals surface area contributed by atoms with Gasteiger partial charge >= 0.3 is 5.97 Å². The van der Waals surface area contributed by atoms with Gasteiger partial charge < -0.3 is 10.4 Å². The first kappa shape index (κ1) is 13.1. The average Bonchev–Trinajstić information content (AvgIpc) is 3.07. The fraction of sp³-hybridized carbons (Fsp3) is 0.533. The van der Waals surface area contributed by atoms with Crippen LogP contribution in [0.3, 0.4) is 0 Å². The van der Waals surface area contributed by atoms with Crippen LogP contribution < -0.4 is 5.32 Å². The summed E-state index contributed by atoms with van der Waals surface area (Å²) in [4.78, 5) is 27.1. The van der Waals surface area contributed by atoms with Crippen LogP contribution >= 0.6 is 0 Å². The van der Waals surface area contributed by atoms with Gasteiger partial charge in [0.25, 0.3) is 0 Å². The van der Waals surface area contributed by atoms with Crippen LogP contribution in [-0.2, 0) is 11.3 Å². The number of carbonyl (C=O) groups excluding carboxylic acids is 1. The molecule has 0 radical (unpaired) electrons. The van der Waals surface area contributed by atoms with Gasteiger partial charge in [0, 0.05) is 12.1 Å². The molecule has 20 heavy (non-hydrogen) atoms. The number of hydrogen-bond donors (Lipinski definition) is 2. The van der Waals surface area contributed by atoms with Gasteiger partial charge in [-0.2, -0.15) is 0 Å². The second kappa shape index (κ2) is 5.23. The van der Waals surface area contributed by atoms with Crippen molar-refractivity contribution in [3.63, 3.8) is 0 Å². The zero-order valence-corrected chi connectivity index (χ0v) is 11.2. The number of amides is 1. The van der Waals surface area contributed by atoms with E-state index in [1.807, 2.05) is 0 Å². The Kier molecular flexibility index (Phi) is 3.42. The van der Waals surface area contributed by atoms with Gasteiger partial charge in [-0.05, 0) is 43.2 Å². The minimum atomic E-state index is -0.979.